The Morgan fingerprint density at radius 2 is 2.12 bits per heavy atom. The molecule has 98 valence electrons. The minimum Gasteiger partial charge on any atom is -0.381 e. The Balaban J connectivity index is 0.00000108. The Morgan fingerprint density at radius 3 is 2.88 bits per heavy atom. The fraction of sp³-hybridized carbons (Fsp3) is 0.917. The largest absolute Gasteiger partial charge is 0.381 e. The fourth-order valence-corrected chi connectivity index (χ4v) is 3.39. The average Bonchev–Trinajstić information content (AvgIpc) is 2.98. The molecule has 4 nitrogen and oxygen atoms in total. The van der Waals surface area contributed by atoms with E-state index in [1.54, 1.807) is 0 Å². The molecule has 3 heterocycles. The SMILES string of the molecule is Cl.O=C(N1CCCC1)C12CCOCC1CNC2. The van der Waals surface area contributed by atoms with Gasteiger partial charge in [-0.1, -0.05) is 0 Å². The maximum absolute atomic E-state index is 12.6. The van der Waals surface area contributed by atoms with Gasteiger partial charge in [0, 0.05) is 38.7 Å². The first-order valence-corrected chi connectivity index (χ1v) is 6.41. The van der Waals surface area contributed by atoms with Crippen LogP contribution in [0.2, 0.25) is 0 Å². The third kappa shape index (κ3) is 2.07. The smallest absolute Gasteiger partial charge is 0.230 e. The Hall–Kier alpha value is -0.320. The van der Waals surface area contributed by atoms with Crippen molar-refractivity contribution in [3.05, 3.63) is 0 Å². The lowest BCUT2D eigenvalue weighted by molar-refractivity contribution is -0.149. The van der Waals surface area contributed by atoms with Crippen molar-refractivity contribution in [1.82, 2.24) is 10.2 Å². The van der Waals surface area contributed by atoms with Crippen LogP contribution in [0.3, 0.4) is 0 Å². The maximum atomic E-state index is 12.6. The number of ether oxygens (including phenoxy) is 1. The molecule has 0 saturated carbocycles. The lowest BCUT2D eigenvalue weighted by Gasteiger charge is -2.39. The molecule has 3 aliphatic heterocycles. The number of carbonyl (C=O) groups is 1. The number of hydrogen-bond donors (Lipinski definition) is 1. The van der Waals surface area contributed by atoms with Crippen LogP contribution in [-0.2, 0) is 9.53 Å². The van der Waals surface area contributed by atoms with Crippen LogP contribution in [0.5, 0.6) is 0 Å². The van der Waals surface area contributed by atoms with Gasteiger partial charge in [0.1, 0.15) is 0 Å². The molecule has 2 unspecified atom stereocenters. The molecule has 1 N–H and O–H groups in total. The quantitative estimate of drug-likeness (QED) is 0.753. The van der Waals surface area contributed by atoms with E-state index in [-0.39, 0.29) is 17.8 Å². The number of nitrogens with one attached hydrogen (secondary N) is 1. The Labute approximate surface area is 108 Å². The maximum Gasteiger partial charge on any atom is 0.230 e. The van der Waals surface area contributed by atoms with Gasteiger partial charge in [0.15, 0.2) is 0 Å². The van der Waals surface area contributed by atoms with E-state index in [0.717, 1.165) is 45.8 Å². The molecular formula is C12H21ClN2O2. The molecule has 3 fully saturated rings. The first-order valence-electron chi connectivity index (χ1n) is 6.41. The molecule has 0 aromatic carbocycles. The molecule has 3 aliphatic rings. The van der Waals surface area contributed by atoms with E-state index in [9.17, 15) is 4.79 Å². The van der Waals surface area contributed by atoms with Crippen LogP contribution in [0.25, 0.3) is 0 Å². The van der Waals surface area contributed by atoms with Gasteiger partial charge in [0.05, 0.1) is 12.0 Å². The predicted molar refractivity (Wildman–Crippen MR) is 67.3 cm³/mol. The number of nitrogens with zero attached hydrogens (tertiary/aromatic N) is 1. The van der Waals surface area contributed by atoms with Crippen LogP contribution >= 0.6 is 12.4 Å². The van der Waals surface area contributed by atoms with Gasteiger partial charge in [-0.25, -0.2) is 0 Å². The summed E-state index contributed by atoms with van der Waals surface area (Å²) in [5, 5.41) is 3.38. The fourth-order valence-electron chi connectivity index (χ4n) is 3.39. The third-order valence-electron chi connectivity index (χ3n) is 4.44. The molecule has 0 aromatic heterocycles. The second-order valence-electron chi connectivity index (χ2n) is 5.31. The van der Waals surface area contributed by atoms with Crippen molar-refractivity contribution in [2.45, 2.75) is 19.3 Å². The van der Waals surface area contributed by atoms with E-state index >= 15 is 0 Å². The topological polar surface area (TPSA) is 41.6 Å². The molecular weight excluding hydrogens is 240 g/mol. The number of likely N-dealkylation sites (tertiary alicyclic amines) is 1. The summed E-state index contributed by atoms with van der Waals surface area (Å²) in [4.78, 5) is 14.7. The zero-order valence-electron chi connectivity index (χ0n) is 10.1. The summed E-state index contributed by atoms with van der Waals surface area (Å²) in [6.07, 6.45) is 3.26. The van der Waals surface area contributed by atoms with Crippen molar-refractivity contribution >= 4 is 18.3 Å². The molecule has 0 spiro atoms. The molecule has 0 radical (unpaired) electrons. The minimum absolute atomic E-state index is 0. The van der Waals surface area contributed by atoms with Crippen LogP contribution < -0.4 is 5.32 Å². The summed E-state index contributed by atoms with van der Waals surface area (Å²) in [5.74, 6) is 0.789. The number of hydrogen-bond acceptors (Lipinski definition) is 3. The lowest BCUT2D eigenvalue weighted by Crippen LogP contribution is -2.51. The van der Waals surface area contributed by atoms with Crippen molar-refractivity contribution < 1.29 is 9.53 Å². The third-order valence-corrected chi connectivity index (χ3v) is 4.44. The highest BCUT2D eigenvalue weighted by Crippen LogP contribution is 2.40. The summed E-state index contributed by atoms with van der Waals surface area (Å²) in [5.41, 5.74) is -0.136. The zero-order chi connectivity index (χ0) is 11.0. The van der Waals surface area contributed by atoms with Crippen molar-refractivity contribution in [1.29, 1.82) is 0 Å². The lowest BCUT2D eigenvalue weighted by atomic mass is 9.73. The van der Waals surface area contributed by atoms with E-state index in [4.69, 9.17) is 4.74 Å². The highest BCUT2D eigenvalue weighted by Gasteiger charge is 2.52. The van der Waals surface area contributed by atoms with Gasteiger partial charge < -0.3 is 15.0 Å². The summed E-state index contributed by atoms with van der Waals surface area (Å²) in [7, 11) is 0. The highest BCUT2D eigenvalue weighted by atomic mass is 35.5. The summed E-state index contributed by atoms with van der Waals surface area (Å²) in [6, 6.07) is 0. The van der Waals surface area contributed by atoms with Crippen molar-refractivity contribution in [2.24, 2.45) is 11.3 Å². The Morgan fingerprint density at radius 1 is 1.35 bits per heavy atom. The van der Waals surface area contributed by atoms with Crippen LogP contribution in [0, 0.1) is 11.3 Å². The van der Waals surface area contributed by atoms with E-state index in [2.05, 4.69) is 10.2 Å². The van der Waals surface area contributed by atoms with E-state index in [1.165, 1.54) is 12.8 Å². The second kappa shape index (κ2) is 5.12. The number of amides is 1. The predicted octanol–water partition coefficient (Wildman–Crippen LogP) is 0.657. The van der Waals surface area contributed by atoms with E-state index in [0.29, 0.717) is 11.8 Å². The Bertz CT molecular complexity index is 294. The van der Waals surface area contributed by atoms with Crippen LogP contribution in [0.1, 0.15) is 19.3 Å². The molecule has 0 aliphatic carbocycles. The van der Waals surface area contributed by atoms with Crippen LogP contribution in [-0.4, -0.2) is 50.2 Å². The van der Waals surface area contributed by atoms with Crippen molar-refractivity contribution in [2.75, 3.05) is 39.4 Å². The number of carbonyl (C=O) groups excluding carboxylic acids is 1. The minimum atomic E-state index is -0.136. The van der Waals surface area contributed by atoms with Gasteiger partial charge in [-0.2, -0.15) is 0 Å². The molecule has 0 bridgehead atoms. The highest BCUT2D eigenvalue weighted by molar-refractivity contribution is 5.85. The summed E-state index contributed by atoms with van der Waals surface area (Å²) < 4.78 is 5.51. The molecule has 3 saturated heterocycles. The normalized spacial score (nSPS) is 36.5. The molecule has 5 heteroatoms. The summed E-state index contributed by atoms with van der Waals surface area (Å²) in [6.45, 7) is 5.24. The Kier molecular flexibility index (Phi) is 3.95. The number of rotatable bonds is 1. The van der Waals surface area contributed by atoms with Gasteiger partial charge >= 0.3 is 0 Å². The van der Waals surface area contributed by atoms with Crippen molar-refractivity contribution in [3.8, 4) is 0 Å². The van der Waals surface area contributed by atoms with Gasteiger partial charge in [0.2, 0.25) is 5.91 Å². The van der Waals surface area contributed by atoms with Crippen LogP contribution in [0.15, 0.2) is 0 Å². The molecule has 1 amide bonds. The number of halogens is 1. The van der Waals surface area contributed by atoms with E-state index < -0.39 is 0 Å². The van der Waals surface area contributed by atoms with Gasteiger partial charge in [-0.15, -0.1) is 12.4 Å². The van der Waals surface area contributed by atoms with Gasteiger partial charge in [-0.05, 0) is 19.3 Å². The first-order chi connectivity index (χ1) is 7.83. The van der Waals surface area contributed by atoms with Crippen LogP contribution in [0.4, 0.5) is 0 Å². The molecule has 0 aromatic rings. The molecule has 17 heavy (non-hydrogen) atoms. The van der Waals surface area contributed by atoms with Gasteiger partial charge in [0.25, 0.3) is 0 Å². The monoisotopic (exact) mass is 260 g/mol. The van der Waals surface area contributed by atoms with E-state index in [1.807, 2.05) is 0 Å². The van der Waals surface area contributed by atoms with Gasteiger partial charge in [-0.3, -0.25) is 4.79 Å². The average molecular weight is 261 g/mol. The summed E-state index contributed by atoms with van der Waals surface area (Å²) >= 11 is 0. The second-order valence-corrected chi connectivity index (χ2v) is 5.31. The zero-order valence-corrected chi connectivity index (χ0v) is 10.9. The first kappa shape index (κ1) is 13.1. The van der Waals surface area contributed by atoms with Crippen molar-refractivity contribution in [3.63, 3.8) is 0 Å². The molecule has 2 atom stereocenters. The standard InChI is InChI=1S/C12H20N2O2.ClH/c15-11(14-4-1-2-5-14)12-3-6-16-8-10(12)7-13-9-12;/h10,13H,1-9H2;1H. The number of fused-ring (bicyclic) bond motifs is 1. The molecule has 3 rings (SSSR count).